The number of piperidine rings is 1. The van der Waals surface area contributed by atoms with Crippen LogP contribution in [0.2, 0.25) is 0 Å². The van der Waals surface area contributed by atoms with E-state index in [0.717, 1.165) is 25.7 Å². The highest BCUT2D eigenvalue weighted by molar-refractivity contribution is 5.77. The first-order chi connectivity index (χ1) is 8.87. The van der Waals surface area contributed by atoms with E-state index in [0.29, 0.717) is 0 Å². The average Bonchev–Trinajstić information content (AvgIpc) is 2.56. The van der Waals surface area contributed by atoms with Crippen molar-refractivity contribution in [2.45, 2.75) is 56.4 Å². The Morgan fingerprint density at radius 2 is 1.84 bits per heavy atom. The third-order valence-corrected chi connectivity index (χ3v) is 3.78. The third kappa shape index (κ3) is 3.82. The van der Waals surface area contributed by atoms with E-state index in [1.54, 1.807) is 0 Å². The quantitative estimate of drug-likeness (QED) is 0.793. The molecule has 7 heteroatoms. The van der Waals surface area contributed by atoms with Crippen molar-refractivity contribution in [2.24, 2.45) is 5.73 Å². The number of hydrogen-bond donors (Lipinski definition) is 1. The van der Waals surface area contributed by atoms with Crippen LogP contribution in [0.3, 0.4) is 0 Å². The largest absolute Gasteiger partial charge is 0.411 e. The van der Waals surface area contributed by atoms with Gasteiger partial charge < -0.3 is 15.4 Å². The molecule has 4 nitrogen and oxygen atoms in total. The number of carbonyl (C=O) groups is 1. The standard InChI is InChI=1S/C12H19F3N2O2/c13-12(14,15)7-19-4-3-11(18)17-9-1-2-10(17)6-8(16)5-9/h8-10H,1-7,16H2. The van der Waals surface area contributed by atoms with Crippen molar-refractivity contribution in [1.29, 1.82) is 0 Å². The molecule has 110 valence electrons. The van der Waals surface area contributed by atoms with Crippen molar-refractivity contribution < 1.29 is 22.7 Å². The molecule has 0 aliphatic carbocycles. The summed E-state index contributed by atoms with van der Waals surface area (Å²) in [5.74, 6) is -0.110. The van der Waals surface area contributed by atoms with Gasteiger partial charge in [0.05, 0.1) is 13.0 Å². The summed E-state index contributed by atoms with van der Waals surface area (Å²) in [5.41, 5.74) is 5.90. The molecule has 19 heavy (non-hydrogen) atoms. The molecule has 0 aromatic carbocycles. The van der Waals surface area contributed by atoms with E-state index in [4.69, 9.17) is 5.73 Å². The van der Waals surface area contributed by atoms with Crippen LogP contribution in [0.1, 0.15) is 32.1 Å². The van der Waals surface area contributed by atoms with Gasteiger partial charge in [0.2, 0.25) is 5.91 Å². The SMILES string of the molecule is NC1CC2CCC(C1)N2C(=O)CCOCC(F)(F)F. The fourth-order valence-electron chi connectivity index (χ4n) is 3.10. The Morgan fingerprint density at radius 1 is 1.26 bits per heavy atom. The lowest BCUT2D eigenvalue weighted by atomic mass is 9.98. The first kappa shape index (κ1) is 14.6. The summed E-state index contributed by atoms with van der Waals surface area (Å²) in [5, 5.41) is 0. The molecular formula is C12H19F3N2O2. The van der Waals surface area contributed by atoms with E-state index >= 15 is 0 Å². The van der Waals surface area contributed by atoms with Gasteiger partial charge in [0, 0.05) is 18.1 Å². The fraction of sp³-hybridized carbons (Fsp3) is 0.917. The van der Waals surface area contributed by atoms with Crippen LogP contribution in [0.5, 0.6) is 0 Å². The van der Waals surface area contributed by atoms with Crippen LogP contribution in [0.4, 0.5) is 13.2 Å². The summed E-state index contributed by atoms with van der Waals surface area (Å²) >= 11 is 0. The smallest absolute Gasteiger partial charge is 0.372 e. The normalized spacial score (nSPS) is 30.7. The van der Waals surface area contributed by atoms with Crippen LogP contribution >= 0.6 is 0 Å². The maximum absolute atomic E-state index is 12.0. The summed E-state index contributed by atoms with van der Waals surface area (Å²) in [6, 6.07) is 0.482. The molecule has 1 amide bonds. The van der Waals surface area contributed by atoms with E-state index < -0.39 is 12.8 Å². The van der Waals surface area contributed by atoms with Crippen molar-refractivity contribution in [3.8, 4) is 0 Å². The van der Waals surface area contributed by atoms with Gasteiger partial charge in [-0.15, -0.1) is 0 Å². The van der Waals surface area contributed by atoms with E-state index in [1.807, 2.05) is 4.90 Å². The second-order valence-electron chi connectivity index (χ2n) is 5.34. The molecule has 0 aromatic rings. The van der Waals surface area contributed by atoms with Gasteiger partial charge in [-0.25, -0.2) is 0 Å². The Kier molecular flexibility index (Phi) is 4.35. The topological polar surface area (TPSA) is 55.6 Å². The van der Waals surface area contributed by atoms with Crippen molar-refractivity contribution in [3.63, 3.8) is 0 Å². The molecule has 0 aromatic heterocycles. The number of nitrogens with two attached hydrogens (primary N) is 1. The Morgan fingerprint density at radius 3 is 2.37 bits per heavy atom. The van der Waals surface area contributed by atoms with Gasteiger partial charge in [0.25, 0.3) is 0 Å². The van der Waals surface area contributed by atoms with Crippen LogP contribution in [0, 0.1) is 0 Å². The highest BCUT2D eigenvalue weighted by Gasteiger charge is 2.41. The number of nitrogens with zero attached hydrogens (tertiary/aromatic N) is 1. The van der Waals surface area contributed by atoms with E-state index in [-0.39, 0.29) is 37.1 Å². The minimum Gasteiger partial charge on any atom is -0.372 e. The van der Waals surface area contributed by atoms with Gasteiger partial charge in [-0.1, -0.05) is 0 Å². The van der Waals surface area contributed by atoms with Crippen LogP contribution < -0.4 is 5.73 Å². The van der Waals surface area contributed by atoms with Crippen molar-refractivity contribution >= 4 is 5.91 Å². The maximum atomic E-state index is 12.0. The van der Waals surface area contributed by atoms with E-state index in [2.05, 4.69) is 4.74 Å². The Hall–Kier alpha value is -0.820. The summed E-state index contributed by atoms with van der Waals surface area (Å²) in [7, 11) is 0. The Balaban J connectivity index is 1.75. The number of halogens is 3. The van der Waals surface area contributed by atoms with E-state index in [9.17, 15) is 18.0 Å². The molecule has 0 spiro atoms. The number of carbonyl (C=O) groups excluding carboxylic acids is 1. The molecule has 2 fully saturated rings. The van der Waals surface area contributed by atoms with Crippen LogP contribution in [-0.4, -0.2) is 48.3 Å². The zero-order valence-corrected chi connectivity index (χ0v) is 10.7. The number of fused-ring (bicyclic) bond motifs is 2. The van der Waals surface area contributed by atoms with Gasteiger partial charge >= 0.3 is 6.18 Å². The molecule has 2 rings (SSSR count). The van der Waals surface area contributed by atoms with Gasteiger partial charge in [0.15, 0.2) is 0 Å². The molecule has 0 saturated carbocycles. The number of amides is 1. The van der Waals surface area contributed by atoms with Crippen molar-refractivity contribution in [3.05, 3.63) is 0 Å². The molecular weight excluding hydrogens is 261 g/mol. The average molecular weight is 280 g/mol. The second-order valence-corrected chi connectivity index (χ2v) is 5.34. The highest BCUT2D eigenvalue weighted by atomic mass is 19.4. The first-order valence-electron chi connectivity index (χ1n) is 6.58. The molecule has 2 saturated heterocycles. The minimum atomic E-state index is -4.33. The minimum absolute atomic E-state index is 0.0122. The molecule has 2 atom stereocenters. The number of rotatable bonds is 4. The van der Waals surface area contributed by atoms with Crippen molar-refractivity contribution in [2.75, 3.05) is 13.2 Å². The van der Waals surface area contributed by atoms with Crippen LogP contribution in [0.15, 0.2) is 0 Å². The number of ether oxygens (including phenoxy) is 1. The molecule has 2 N–H and O–H groups in total. The first-order valence-corrected chi connectivity index (χ1v) is 6.58. The molecule has 2 aliphatic heterocycles. The van der Waals surface area contributed by atoms with Gasteiger partial charge in [-0.05, 0) is 25.7 Å². The van der Waals surface area contributed by atoms with E-state index in [1.165, 1.54) is 0 Å². The lowest BCUT2D eigenvalue weighted by Gasteiger charge is -2.37. The fourth-order valence-corrected chi connectivity index (χ4v) is 3.10. The number of hydrogen-bond acceptors (Lipinski definition) is 3. The third-order valence-electron chi connectivity index (χ3n) is 3.78. The summed E-state index contributed by atoms with van der Waals surface area (Å²) in [4.78, 5) is 13.8. The maximum Gasteiger partial charge on any atom is 0.411 e. The summed E-state index contributed by atoms with van der Waals surface area (Å²) in [6.07, 6.45) is -0.823. The Bertz CT molecular complexity index is 321. The van der Waals surface area contributed by atoms with Gasteiger partial charge in [0.1, 0.15) is 6.61 Å². The molecule has 2 aliphatic rings. The lowest BCUT2D eigenvalue weighted by Crippen LogP contribution is -2.50. The molecule has 2 bridgehead atoms. The highest BCUT2D eigenvalue weighted by Crippen LogP contribution is 2.35. The zero-order valence-electron chi connectivity index (χ0n) is 10.7. The van der Waals surface area contributed by atoms with Gasteiger partial charge in [-0.3, -0.25) is 4.79 Å². The molecule has 2 unspecified atom stereocenters. The molecule has 2 heterocycles. The number of alkyl halides is 3. The monoisotopic (exact) mass is 280 g/mol. The summed E-state index contributed by atoms with van der Waals surface area (Å²) < 4.78 is 40.1. The zero-order chi connectivity index (χ0) is 14.0. The predicted octanol–water partition coefficient (Wildman–Crippen LogP) is 1.44. The van der Waals surface area contributed by atoms with Gasteiger partial charge in [-0.2, -0.15) is 13.2 Å². The van der Waals surface area contributed by atoms with Crippen LogP contribution in [0.25, 0.3) is 0 Å². The predicted molar refractivity (Wildman–Crippen MR) is 62.4 cm³/mol. The second kappa shape index (κ2) is 5.66. The van der Waals surface area contributed by atoms with Crippen LogP contribution in [-0.2, 0) is 9.53 Å². The lowest BCUT2D eigenvalue weighted by molar-refractivity contribution is -0.175. The van der Waals surface area contributed by atoms with Crippen molar-refractivity contribution in [1.82, 2.24) is 4.90 Å². The summed E-state index contributed by atoms with van der Waals surface area (Å²) in [6.45, 7) is -1.47. The molecule has 0 radical (unpaired) electrons. The Labute approximate surface area is 110 Å².